The molecule has 0 aromatic carbocycles. The van der Waals surface area contributed by atoms with Gasteiger partial charge in [-0.15, -0.1) is 0 Å². The van der Waals surface area contributed by atoms with Gasteiger partial charge in [0.25, 0.3) is 0 Å². The number of likely N-dealkylation sites (N-methyl/N-ethyl adjacent to an activating group) is 1. The lowest BCUT2D eigenvalue weighted by Crippen LogP contribution is -2.44. The lowest BCUT2D eigenvalue weighted by molar-refractivity contribution is 0.0857. The van der Waals surface area contributed by atoms with E-state index in [9.17, 15) is 0 Å². The van der Waals surface area contributed by atoms with Crippen LogP contribution in [0.4, 0.5) is 5.95 Å². The number of hydrogen-bond donors (Lipinski definition) is 0. The molecule has 1 aliphatic heterocycles. The molecule has 134 valence electrons. The van der Waals surface area contributed by atoms with Gasteiger partial charge in [0, 0.05) is 56.7 Å². The summed E-state index contributed by atoms with van der Waals surface area (Å²) < 4.78 is 0. The van der Waals surface area contributed by atoms with E-state index in [1.54, 1.807) is 0 Å². The van der Waals surface area contributed by atoms with Gasteiger partial charge in [-0.2, -0.15) is 0 Å². The van der Waals surface area contributed by atoms with Crippen LogP contribution < -0.4 is 4.90 Å². The molecule has 1 aromatic rings. The normalized spacial score (nSPS) is 24.0. The maximum atomic E-state index is 4.50. The van der Waals surface area contributed by atoms with E-state index in [1.807, 2.05) is 31.4 Å². The summed E-state index contributed by atoms with van der Waals surface area (Å²) in [5.74, 6) is 0.788. The van der Waals surface area contributed by atoms with Crippen molar-refractivity contribution in [3.8, 4) is 0 Å². The van der Waals surface area contributed by atoms with E-state index < -0.39 is 0 Å². The highest BCUT2D eigenvalue weighted by molar-refractivity contribution is 5.26. The Balaban J connectivity index is 1.75. The first-order chi connectivity index (χ1) is 11.5. The molecule has 3 rings (SSSR count). The molecule has 1 saturated heterocycles. The predicted octanol–water partition coefficient (Wildman–Crippen LogP) is 2.77. The lowest BCUT2D eigenvalue weighted by atomic mass is 9.79. The second-order valence-corrected chi connectivity index (χ2v) is 7.88. The number of aromatic nitrogens is 2. The first-order valence-corrected chi connectivity index (χ1v) is 9.47. The zero-order valence-electron chi connectivity index (χ0n) is 15.8. The monoisotopic (exact) mass is 331 g/mol. The van der Waals surface area contributed by atoms with Gasteiger partial charge in [0.15, 0.2) is 0 Å². The highest BCUT2D eigenvalue weighted by Crippen LogP contribution is 2.43. The number of likely N-dealkylation sites (tertiary alicyclic amines) is 1. The van der Waals surface area contributed by atoms with Gasteiger partial charge in [-0.05, 0) is 32.9 Å². The third-order valence-electron chi connectivity index (χ3n) is 6.09. The fraction of sp³-hybridized carbons (Fsp3) is 0.789. The van der Waals surface area contributed by atoms with E-state index in [0.717, 1.165) is 19.0 Å². The molecule has 24 heavy (non-hydrogen) atoms. The molecule has 1 aliphatic carbocycles. The topological polar surface area (TPSA) is 35.5 Å². The molecule has 0 bridgehead atoms. The highest BCUT2D eigenvalue weighted by atomic mass is 15.3. The number of anilines is 1. The van der Waals surface area contributed by atoms with Crippen molar-refractivity contribution in [1.82, 2.24) is 19.8 Å². The molecule has 0 amide bonds. The number of hydrogen-bond acceptors (Lipinski definition) is 5. The van der Waals surface area contributed by atoms with Crippen LogP contribution in [0.3, 0.4) is 0 Å². The predicted molar refractivity (Wildman–Crippen MR) is 99.3 cm³/mol. The summed E-state index contributed by atoms with van der Waals surface area (Å²) in [5.41, 5.74) is 1.65. The molecule has 1 spiro atoms. The van der Waals surface area contributed by atoms with Gasteiger partial charge < -0.3 is 9.80 Å². The second kappa shape index (κ2) is 7.36. The highest BCUT2D eigenvalue weighted by Gasteiger charge is 2.46. The van der Waals surface area contributed by atoms with E-state index in [-0.39, 0.29) is 0 Å². The van der Waals surface area contributed by atoms with Gasteiger partial charge in [0.05, 0.1) is 0 Å². The van der Waals surface area contributed by atoms with Crippen molar-refractivity contribution < 1.29 is 0 Å². The third kappa shape index (κ3) is 3.57. The minimum Gasteiger partial charge on any atom is -0.347 e. The van der Waals surface area contributed by atoms with Crippen LogP contribution in [0.5, 0.6) is 0 Å². The molecule has 2 aliphatic rings. The van der Waals surface area contributed by atoms with Gasteiger partial charge in [-0.1, -0.05) is 26.2 Å². The Hall–Kier alpha value is -1.20. The van der Waals surface area contributed by atoms with Crippen LogP contribution in [0.2, 0.25) is 0 Å². The molecule has 5 nitrogen and oxygen atoms in total. The van der Waals surface area contributed by atoms with Gasteiger partial charge in [-0.25, -0.2) is 9.97 Å². The zero-order chi connectivity index (χ0) is 17.2. The molecular formula is C19H33N5. The molecule has 1 saturated carbocycles. The Kier molecular flexibility index (Phi) is 5.40. The fourth-order valence-corrected chi connectivity index (χ4v) is 4.48. The minimum atomic E-state index is 0.409. The summed E-state index contributed by atoms with van der Waals surface area (Å²) in [6.07, 6.45) is 12.2. The summed E-state index contributed by atoms with van der Waals surface area (Å²) in [6.45, 7) is 5.57. The maximum absolute atomic E-state index is 4.50. The first-order valence-electron chi connectivity index (χ1n) is 9.47. The molecule has 1 aromatic heterocycles. The maximum Gasteiger partial charge on any atom is 0.224 e. The van der Waals surface area contributed by atoms with Crippen molar-refractivity contribution in [2.75, 3.05) is 39.1 Å². The van der Waals surface area contributed by atoms with E-state index in [4.69, 9.17) is 0 Å². The third-order valence-corrected chi connectivity index (χ3v) is 6.09. The van der Waals surface area contributed by atoms with Crippen LogP contribution in [0.15, 0.2) is 12.4 Å². The van der Waals surface area contributed by atoms with Crippen molar-refractivity contribution in [1.29, 1.82) is 0 Å². The van der Waals surface area contributed by atoms with E-state index in [0.29, 0.717) is 11.6 Å². The van der Waals surface area contributed by atoms with Crippen LogP contribution in [0, 0.1) is 0 Å². The van der Waals surface area contributed by atoms with Crippen LogP contribution in [0.1, 0.15) is 51.0 Å². The summed E-state index contributed by atoms with van der Waals surface area (Å²) in [6, 6.07) is 0.690. The molecule has 2 fully saturated rings. The summed E-state index contributed by atoms with van der Waals surface area (Å²) in [7, 11) is 6.25. The van der Waals surface area contributed by atoms with Gasteiger partial charge in [0.1, 0.15) is 0 Å². The Morgan fingerprint density at radius 1 is 1.12 bits per heavy atom. The Morgan fingerprint density at radius 3 is 2.38 bits per heavy atom. The lowest BCUT2D eigenvalue weighted by Gasteiger charge is -2.41. The van der Waals surface area contributed by atoms with Crippen molar-refractivity contribution in [3.05, 3.63) is 18.0 Å². The number of rotatable bonds is 5. The summed E-state index contributed by atoms with van der Waals surface area (Å²) >= 11 is 0. The van der Waals surface area contributed by atoms with Crippen LogP contribution in [-0.2, 0) is 6.54 Å². The molecule has 0 radical (unpaired) electrons. The van der Waals surface area contributed by atoms with Crippen molar-refractivity contribution in [3.63, 3.8) is 0 Å². The quantitative estimate of drug-likeness (QED) is 0.829. The largest absolute Gasteiger partial charge is 0.347 e. The van der Waals surface area contributed by atoms with Crippen LogP contribution in [-0.4, -0.2) is 65.6 Å². The Morgan fingerprint density at radius 2 is 1.79 bits per heavy atom. The van der Waals surface area contributed by atoms with Gasteiger partial charge in [0.2, 0.25) is 5.95 Å². The molecule has 1 atom stereocenters. The van der Waals surface area contributed by atoms with E-state index in [2.05, 4.69) is 33.7 Å². The van der Waals surface area contributed by atoms with Gasteiger partial charge in [-0.3, -0.25) is 4.90 Å². The second-order valence-electron chi connectivity index (χ2n) is 7.88. The SMILES string of the molecule is CCN(C)[C@@H]1CN(Cc2cnc(N(C)C)nc2)C2(CCCCC2)C1. The van der Waals surface area contributed by atoms with Crippen LogP contribution >= 0.6 is 0 Å². The smallest absolute Gasteiger partial charge is 0.224 e. The Bertz CT molecular complexity index is 521. The minimum absolute atomic E-state index is 0.409. The fourth-order valence-electron chi connectivity index (χ4n) is 4.48. The van der Waals surface area contributed by atoms with Crippen molar-refractivity contribution in [2.45, 2.75) is 63.6 Å². The van der Waals surface area contributed by atoms with E-state index >= 15 is 0 Å². The average molecular weight is 332 g/mol. The zero-order valence-corrected chi connectivity index (χ0v) is 15.8. The molecule has 0 unspecified atom stereocenters. The van der Waals surface area contributed by atoms with E-state index in [1.165, 1.54) is 50.6 Å². The van der Waals surface area contributed by atoms with Crippen LogP contribution in [0.25, 0.3) is 0 Å². The van der Waals surface area contributed by atoms with Crippen molar-refractivity contribution >= 4 is 5.95 Å². The molecule has 2 heterocycles. The number of nitrogens with zero attached hydrogens (tertiary/aromatic N) is 5. The summed E-state index contributed by atoms with van der Waals surface area (Å²) in [4.78, 5) is 16.2. The first kappa shape index (κ1) is 17.6. The molecular weight excluding hydrogens is 298 g/mol. The van der Waals surface area contributed by atoms with Crippen molar-refractivity contribution in [2.24, 2.45) is 0 Å². The summed E-state index contributed by atoms with van der Waals surface area (Å²) in [5, 5.41) is 0. The average Bonchev–Trinajstić information content (AvgIpc) is 2.93. The van der Waals surface area contributed by atoms with Gasteiger partial charge >= 0.3 is 0 Å². The molecule has 0 N–H and O–H groups in total. The Labute approximate surface area is 147 Å². The standard InChI is InChI=1S/C19H33N5/c1-5-23(4)17-11-19(9-7-6-8-10-19)24(15-17)14-16-12-20-18(21-13-16)22(2)3/h12-13,17H,5-11,14-15H2,1-4H3/t17-/m0/s1. The molecule has 5 heteroatoms.